The number of oxime groups is 1. The van der Waals surface area contributed by atoms with Crippen molar-refractivity contribution in [2.75, 3.05) is 0 Å². The molecule has 0 aliphatic heterocycles. The van der Waals surface area contributed by atoms with Crippen molar-refractivity contribution in [2.24, 2.45) is 12.2 Å². The third-order valence-corrected chi connectivity index (χ3v) is 3.22. The Balaban J connectivity index is 2.45. The van der Waals surface area contributed by atoms with Crippen LogP contribution in [0.2, 0.25) is 0 Å². The minimum atomic E-state index is 0.809. The predicted octanol–water partition coefficient (Wildman–Crippen LogP) is 2.30. The van der Waals surface area contributed by atoms with Gasteiger partial charge in [-0.1, -0.05) is 23.4 Å². The van der Waals surface area contributed by atoms with Gasteiger partial charge in [0.2, 0.25) is 0 Å². The molecule has 76 valence electrons. The van der Waals surface area contributed by atoms with Gasteiger partial charge < -0.3 is 9.77 Å². The molecular formula is C12H12N2O. The number of benzene rings is 1. The number of aryl methyl sites for hydroxylation is 2. The molecule has 1 aromatic heterocycles. The highest BCUT2D eigenvalue weighted by molar-refractivity contribution is 6.08. The van der Waals surface area contributed by atoms with Gasteiger partial charge in [0.1, 0.15) is 5.71 Å². The summed E-state index contributed by atoms with van der Waals surface area (Å²) in [6, 6.07) is 8.32. The molecule has 1 N–H and O–H groups in total. The lowest BCUT2D eigenvalue weighted by molar-refractivity contribution is 0.318. The standard InChI is InChI=1S/C12H12N2O/c1-14-11-5-3-2-4-8(11)9-6-7-10(13-15)12(9)14/h2-5,15H,6-7H2,1H3. The maximum Gasteiger partial charge on any atom is 0.104 e. The Hall–Kier alpha value is -1.77. The van der Waals surface area contributed by atoms with Crippen molar-refractivity contribution < 1.29 is 5.21 Å². The van der Waals surface area contributed by atoms with Gasteiger partial charge in [0.15, 0.2) is 0 Å². The van der Waals surface area contributed by atoms with E-state index in [-0.39, 0.29) is 0 Å². The Morgan fingerprint density at radius 1 is 1.27 bits per heavy atom. The second kappa shape index (κ2) is 2.86. The number of para-hydroxylation sites is 1. The van der Waals surface area contributed by atoms with Crippen LogP contribution in [-0.4, -0.2) is 15.5 Å². The fraction of sp³-hybridized carbons (Fsp3) is 0.250. The molecule has 3 nitrogen and oxygen atoms in total. The van der Waals surface area contributed by atoms with Crippen LogP contribution in [0.5, 0.6) is 0 Å². The lowest BCUT2D eigenvalue weighted by Gasteiger charge is -2.01. The summed E-state index contributed by atoms with van der Waals surface area (Å²) in [6.45, 7) is 0. The van der Waals surface area contributed by atoms with Crippen LogP contribution >= 0.6 is 0 Å². The zero-order chi connectivity index (χ0) is 10.4. The minimum Gasteiger partial charge on any atom is -0.411 e. The van der Waals surface area contributed by atoms with E-state index in [4.69, 9.17) is 5.21 Å². The Morgan fingerprint density at radius 2 is 2.07 bits per heavy atom. The molecule has 0 spiro atoms. The average Bonchev–Trinajstić information content (AvgIpc) is 2.81. The van der Waals surface area contributed by atoms with E-state index in [0.717, 1.165) is 24.2 Å². The summed E-state index contributed by atoms with van der Waals surface area (Å²) < 4.78 is 2.12. The number of aromatic nitrogens is 1. The molecule has 1 aliphatic carbocycles. The van der Waals surface area contributed by atoms with Gasteiger partial charge in [-0.2, -0.15) is 0 Å². The van der Waals surface area contributed by atoms with E-state index in [1.54, 1.807) is 0 Å². The highest BCUT2D eigenvalue weighted by Crippen LogP contribution is 2.32. The molecule has 0 unspecified atom stereocenters. The average molecular weight is 200 g/mol. The lowest BCUT2D eigenvalue weighted by atomic mass is 10.1. The number of nitrogens with zero attached hydrogens (tertiary/aromatic N) is 2. The quantitative estimate of drug-likeness (QED) is 0.514. The first-order chi connectivity index (χ1) is 7.33. The van der Waals surface area contributed by atoms with Gasteiger partial charge >= 0.3 is 0 Å². The van der Waals surface area contributed by atoms with E-state index < -0.39 is 0 Å². The first-order valence-electron chi connectivity index (χ1n) is 5.10. The molecule has 0 amide bonds. The zero-order valence-corrected chi connectivity index (χ0v) is 8.57. The first-order valence-corrected chi connectivity index (χ1v) is 5.10. The molecule has 15 heavy (non-hydrogen) atoms. The minimum absolute atomic E-state index is 0.809. The van der Waals surface area contributed by atoms with Crippen LogP contribution < -0.4 is 0 Å². The Kier molecular flexibility index (Phi) is 1.63. The van der Waals surface area contributed by atoms with E-state index in [0.29, 0.717) is 0 Å². The zero-order valence-electron chi connectivity index (χ0n) is 8.57. The van der Waals surface area contributed by atoms with Gasteiger partial charge in [0.25, 0.3) is 0 Å². The molecule has 1 heterocycles. The summed E-state index contributed by atoms with van der Waals surface area (Å²) >= 11 is 0. The Labute approximate surface area is 87.6 Å². The second-order valence-electron chi connectivity index (χ2n) is 3.95. The van der Waals surface area contributed by atoms with Crippen molar-refractivity contribution in [1.29, 1.82) is 0 Å². The fourth-order valence-corrected chi connectivity index (χ4v) is 2.55. The number of rotatable bonds is 0. The van der Waals surface area contributed by atoms with Crippen molar-refractivity contribution >= 4 is 16.6 Å². The van der Waals surface area contributed by atoms with Crippen molar-refractivity contribution in [2.45, 2.75) is 12.8 Å². The van der Waals surface area contributed by atoms with Crippen molar-refractivity contribution in [3.63, 3.8) is 0 Å². The SMILES string of the molecule is Cn1c2c(c3ccccc31)CCC2=NO. The molecule has 1 aromatic carbocycles. The van der Waals surface area contributed by atoms with E-state index in [1.165, 1.54) is 16.5 Å². The van der Waals surface area contributed by atoms with Crippen LogP contribution in [0.3, 0.4) is 0 Å². The summed E-state index contributed by atoms with van der Waals surface area (Å²) in [5, 5.41) is 13.6. The van der Waals surface area contributed by atoms with E-state index >= 15 is 0 Å². The molecule has 0 fully saturated rings. The third kappa shape index (κ3) is 0.975. The summed E-state index contributed by atoms with van der Waals surface area (Å²) in [7, 11) is 2.03. The van der Waals surface area contributed by atoms with E-state index in [2.05, 4.69) is 27.9 Å². The number of fused-ring (bicyclic) bond motifs is 3. The molecular weight excluding hydrogens is 188 g/mol. The normalized spacial score (nSPS) is 17.5. The molecule has 2 aromatic rings. The van der Waals surface area contributed by atoms with Gasteiger partial charge in [-0.25, -0.2) is 0 Å². The topological polar surface area (TPSA) is 37.5 Å². The molecule has 0 bridgehead atoms. The Morgan fingerprint density at radius 3 is 2.87 bits per heavy atom. The van der Waals surface area contributed by atoms with E-state index in [1.807, 2.05) is 13.1 Å². The second-order valence-corrected chi connectivity index (χ2v) is 3.95. The summed E-state index contributed by atoms with van der Waals surface area (Å²) in [5.74, 6) is 0. The lowest BCUT2D eigenvalue weighted by Crippen LogP contribution is -2.02. The predicted molar refractivity (Wildman–Crippen MR) is 59.6 cm³/mol. The van der Waals surface area contributed by atoms with Crippen molar-refractivity contribution in [1.82, 2.24) is 4.57 Å². The highest BCUT2D eigenvalue weighted by atomic mass is 16.4. The fourth-order valence-electron chi connectivity index (χ4n) is 2.55. The van der Waals surface area contributed by atoms with Gasteiger partial charge in [0.05, 0.1) is 5.69 Å². The van der Waals surface area contributed by atoms with Crippen LogP contribution in [-0.2, 0) is 13.5 Å². The molecule has 3 rings (SSSR count). The molecule has 1 aliphatic rings. The van der Waals surface area contributed by atoms with Crippen LogP contribution in [0.4, 0.5) is 0 Å². The Bertz CT molecular complexity index is 566. The van der Waals surface area contributed by atoms with Crippen LogP contribution in [0.15, 0.2) is 29.4 Å². The van der Waals surface area contributed by atoms with Gasteiger partial charge in [-0.3, -0.25) is 0 Å². The summed E-state index contributed by atoms with van der Waals surface area (Å²) in [6.07, 6.45) is 1.83. The summed E-state index contributed by atoms with van der Waals surface area (Å²) in [5.41, 5.74) is 4.44. The summed E-state index contributed by atoms with van der Waals surface area (Å²) in [4.78, 5) is 0. The number of hydrogen-bond acceptors (Lipinski definition) is 2. The molecule has 0 radical (unpaired) electrons. The van der Waals surface area contributed by atoms with Crippen molar-refractivity contribution in [3.8, 4) is 0 Å². The first kappa shape index (κ1) is 8.53. The van der Waals surface area contributed by atoms with Gasteiger partial charge in [-0.15, -0.1) is 0 Å². The molecule has 0 saturated carbocycles. The van der Waals surface area contributed by atoms with Crippen LogP contribution in [0, 0.1) is 0 Å². The largest absolute Gasteiger partial charge is 0.411 e. The van der Waals surface area contributed by atoms with Crippen molar-refractivity contribution in [3.05, 3.63) is 35.5 Å². The number of hydrogen-bond donors (Lipinski definition) is 1. The van der Waals surface area contributed by atoms with Gasteiger partial charge in [0, 0.05) is 18.0 Å². The van der Waals surface area contributed by atoms with E-state index in [9.17, 15) is 0 Å². The molecule has 3 heteroatoms. The molecule has 0 atom stereocenters. The maximum atomic E-state index is 8.94. The smallest absolute Gasteiger partial charge is 0.104 e. The third-order valence-electron chi connectivity index (χ3n) is 3.22. The molecule has 0 saturated heterocycles. The monoisotopic (exact) mass is 200 g/mol. The highest BCUT2D eigenvalue weighted by Gasteiger charge is 2.25. The maximum absolute atomic E-state index is 8.94. The van der Waals surface area contributed by atoms with Crippen LogP contribution in [0.1, 0.15) is 17.7 Å². The van der Waals surface area contributed by atoms with Crippen LogP contribution in [0.25, 0.3) is 10.9 Å². The van der Waals surface area contributed by atoms with Gasteiger partial charge in [-0.05, 0) is 24.5 Å².